The molecule has 1 unspecified atom stereocenters. The highest BCUT2D eigenvalue weighted by molar-refractivity contribution is 5.71. The first-order chi connectivity index (χ1) is 40.0. The molecule has 0 spiro atoms. The predicted octanol–water partition coefficient (Wildman–Crippen LogP) is 24.2. The summed E-state index contributed by atoms with van der Waals surface area (Å²) in [7, 11) is 0. The molecule has 0 fully saturated rings. The molecule has 468 valence electrons. The Morgan fingerprint density at radius 3 is 0.753 bits per heavy atom. The Morgan fingerprint density at radius 1 is 0.259 bits per heavy atom. The third-order valence-corrected chi connectivity index (χ3v) is 15.4. The second kappa shape index (κ2) is 69.1. The number of allylic oxidation sites excluding steroid dienone is 14. The maximum atomic E-state index is 12.9. The molecule has 1 atom stereocenters. The lowest BCUT2D eigenvalue weighted by Crippen LogP contribution is -2.30. The van der Waals surface area contributed by atoms with E-state index in [0.29, 0.717) is 19.3 Å². The Bertz CT molecular complexity index is 1530. The summed E-state index contributed by atoms with van der Waals surface area (Å²) in [5.41, 5.74) is 0. The van der Waals surface area contributed by atoms with Crippen molar-refractivity contribution in [3.05, 3.63) is 85.1 Å². The summed E-state index contributed by atoms with van der Waals surface area (Å²) in [5, 5.41) is 0. The molecule has 0 aromatic heterocycles. The molecule has 0 N–H and O–H groups in total. The maximum absolute atomic E-state index is 12.9. The minimum atomic E-state index is -0.773. The molecular weight excluding hydrogens is 997 g/mol. The quantitative estimate of drug-likeness (QED) is 0.0261. The van der Waals surface area contributed by atoms with Crippen molar-refractivity contribution in [1.29, 1.82) is 0 Å². The second-order valence-electron chi connectivity index (χ2n) is 23.4. The molecule has 0 aliphatic rings. The minimum absolute atomic E-state index is 0.0724. The fraction of sp³-hybridized carbons (Fsp3) is 0.773. The third kappa shape index (κ3) is 67.3. The van der Waals surface area contributed by atoms with Crippen LogP contribution in [0, 0.1) is 0 Å². The van der Waals surface area contributed by atoms with Gasteiger partial charge in [0.2, 0.25) is 0 Å². The molecule has 0 rings (SSSR count). The van der Waals surface area contributed by atoms with Gasteiger partial charge in [-0.05, 0) is 96.3 Å². The molecule has 0 heterocycles. The van der Waals surface area contributed by atoms with Crippen molar-refractivity contribution in [2.24, 2.45) is 0 Å². The molecule has 0 saturated carbocycles. The van der Waals surface area contributed by atoms with E-state index < -0.39 is 6.10 Å². The summed E-state index contributed by atoms with van der Waals surface area (Å²) in [6.07, 6.45) is 92.1. The van der Waals surface area contributed by atoms with E-state index in [9.17, 15) is 14.4 Å². The van der Waals surface area contributed by atoms with Gasteiger partial charge in [-0.3, -0.25) is 14.4 Å². The van der Waals surface area contributed by atoms with Crippen molar-refractivity contribution in [2.45, 2.75) is 361 Å². The van der Waals surface area contributed by atoms with Crippen molar-refractivity contribution in [2.75, 3.05) is 13.2 Å². The number of carbonyl (C=O) groups excluding carboxylic acids is 3. The first-order valence-corrected chi connectivity index (χ1v) is 35.1. The molecule has 81 heavy (non-hydrogen) atoms. The zero-order valence-electron chi connectivity index (χ0n) is 53.8. The zero-order chi connectivity index (χ0) is 58.5. The molecule has 6 nitrogen and oxygen atoms in total. The van der Waals surface area contributed by atoms with Crippen molar-refractivity contribution >= 4 is 17.9 Å². The average Bonchev–Trinajstić information content (AvgIpc) is 3.47. The molecule has 0 bridgehead atoms. The molecule has 0 saturated heterocycles. The number of unbranched alkanes of at least 4 members (excludes halogenated alkanes) is 39. The number of carbonyl (C=O) groups is 3. The Balaban J connectivity index is 4.03. The predicted molar refractivity (Wildman–Crippen MR) is 353 cm³/mol. The fourth-order valence-corrected chi connectivity index (χ4v) is 10.2. The van der Waals surface area contributed by atoms with Crippen LogP contribution in [0.25, 0.3) is 0 Å². The fourth-order valence-electron chi connectivity index (χ4n) is 10.2. The summed E-state index contributed by atoms with van der Waals surface area (Å²) in [6.45, 7) is 6.51. The lowest BCUT2D eigenvalue weighted by Gasteiger charge is -2.18. The highest BCUT2D eigenvalue weighted by Gasteiger charge is 2.19. The van der Waals surface area contributed by atoms with Gasteiger partial charge < -0.3 is 14.2 Å². The van der Waals surface area contributed by atoms with Crippen molar-refractivity contribution in [3.8, 4) is 0 Å². The normalized spacial score (nSPS) is 12.6. The van der Waals surface area contributed by atoms with Gasteiger partial charge in [0.15, 0.2) is 6.10 Å². The van der Waals surface area contributed by atoms with Crippen LogP contribution in [0.3, 0.4) is 0 Å². The highest BCUT2D eigenvalue weighted by atomic mass is 16.6. The van der Waals surface area contributed by atoms with E-state index in [2.05, 4.69) is 106 Å². The van der Waals surface area contributed by atoms with Gasteiger partial charge in [0.05, 0.1) is 0 Å². The van der Waals surface area contributed by atoms with Gasteiger partial charge in [0.1, 0.15) is 13.2 Å². The summed E-state index contributed by atoms with van der Waals surface area (Å²) in [4.78, 5) is 38.2. The van der Waals surface area contributed by atoms with Gasteiger partial charge in [-0.2, -0.15) is 0 Å². The van der Waals surface area contributed by atoms with E-state index in [1.807, 2.05) is 0 Å². The third-order valence-electron chi connectivity index (χ3n) is 15.4. The number of esters is 3. The van der Waals surface area contributed by atoms with Crippen LogP contribution in [0.2, 0.25) is 0 Å². The lowest BCUT2D eigenvalue weighted by atomic mass is 10.0. The first kappa shape index (κ1) is 77.6. The lowest BCUT2D eigenvalue weighted by molar-refractivity contribution is -0.167. The molecule has 0 amide bonds. The van der Waals surface area contributed by atoms with Gasteiger partial charge in [-0.15, -0.1) is 0 Å². The van der Waals surface area contributed by atoms with Crippen LogP contribution in [0.15, 0.2) is 85.1 Å². The largest absolute Gasteiger partial charge is 0.462 e. The summed E-state index contributed by atoms with van der Waals surface area (Å²) in [5.74, 6) is -0.863. The Labute approximate surface area is 503 Å². The Kier molecular flexibility index (Phi) is 66.2. The molecule has 0 radical (unpaired) electrons. The summed E-state index contributed by atoms with van der Waals surface area (Å²) < 4.78 is 16.9. The van der Waals surface area contributed by atoms with Crippen molar-refractivity contribution in [3.63, 3.8) is 0 Å². The van der Waals surface area contributed by atoms with E-state index in [1.54, 1.807) is 0 Å². The Morgan fingerprint density at radius 2 is 0.481 bits per heavy atom. The van der Waals surface area contributed by atoms with Crippen molar-refractivity contribution in [1.82, 2.24) is 0 Å². The van der Waals surface area contributed by atoms with Crippen LogP contribution >= 0.6 is 0 Å². The zero-order valence-corrected chi connectivity index (χ0v) is 53.8. The monoisotopic (exact) mass is 1130 g/mol. The molecule has 0 aromatic carbocycles. The number of hydrogen-bond acceptors (Lipinski definition) is 6. The Hall–Kier alpha value is -3.41. The smallest absolute Gasteiger partial charge is 0.306 e. The van der Waals surface area contributed by atoms with Crippen LogP contribution < -0.4 is 0 Å². The molecular formula is C75H132O6. The topological polar surface area (TPSA) is 78.9 Å². The van der Waals surface area contributed by atoms with Gasteiger partial charge in [-0.1, -0.05) is 324 Å². The van der Waals surface area contributed by atoms with E-state index in [0.717, 1.165) is 96.3 Å². The SMILES string of the molecule is CC/C=C\C/C=C\C/C=C\C/C=C\C/C=C\CCCCCCCCCCCCCCCCCCCC(=O)OCC(COC(=O)CCCCCCCCC)OC(=O)CCCCCCCCCCCCC/C=C\C/C=C\CCCCCCC. The summed E-state index contributed by atoms with van der Waals surface area (Å²) >= 11 is 0. The molecule has 0 aliphatic heterocycles. The first-order valence-electron chi connectivity index (χ1n) is 35.1. The van der Waals surface area contributed by atoms with Gasteiger partial charge >= 0.3 is 17.9 Å². The van der Waals surface area contributed by atoms with Crippen LogP contribution in [-0.2, 0) is 28.6 Å². The van der Waals surface area contributed by atoms with Gasteiger partial charge in [-0.25, -0.2) is 0 Å². The van der Waals surface area contributed by atoms with E-state index in [4.69, 9.17) is 14.2 Å². The standard InChI is InChI=1S/C75H132O6/c1-4-7-10-13-16-18-20-22-24-26-28-30-32-33-34-35-36-37-38-39-40-41-43-44-46-48-50-52-54-56-59-62-65-68-74(77)80-71-72(70-79-73(76)67-64-61-58-15-12-9-6-3)81-75(78)69-66-63-60-57-55-53-51-49-47-45-42-31-29-27-25-23-21-19-17-14-11-8-5-2/h7,10,16,18,21-24,27-30,33-34,72H,4-6,8-9,11-15,17,19-20,25-26,31-32,35-71H2,1-3H3/b10-7-,18-16-,23-21-,24-22-,29-27-,30-28-,34-33-. The van der Waals surface area contributed by atoms with E-state index >= 15 is 0 Å². The van der Waals surface area contributed by atoms with E-state index in [1.165, 1.54) is 218 Å². The van der Waals surface area contributed by atoms with Crippen LogP contribution in [0.5, 0.6) is 0 Å². The minimum Gasteiger partial charge on any atom is -0.462 e. The summed E-state index contributed by atoms with van der Waals surface area (Å²) in [6, 6.07) is 0. The average molecular weight is 1130 g/mol. The maximum Gasteiger partial charge on any atom is 0.306 e. The second-order valence-corrected chi connectivity index (χ2v) is 23.4. The molecule has 6 heteroatoms. The number of hydrogen-bond donors (Lipinski definition) is 0. The van der Waals surface area contributed by atoms with Crippen LogP contribution in [-0.4, -0.2) is 37.2 Å². The highest BCUT2D eigenvalue weighted by Crippen LogP contribution is 2.18. The van der Waals surface area contributed by atoms with Crippen molar-refractivity contribution < 1.29 is 28.6 Å². The molecule has 0 aromatic rings. The van der Waals surface area contributed by atoms with E-state index in [-0.39, 0.29) is 31.1 Å². The number of ether oxygens (including phenoxy) is 3. The molecule has 0 aliphatic carbocycles. The van der Waals surface area contributed by atoms with Gasteiger partial charge in [0.25, 0.3) is 0 Å². The van der Waals surface area contributed by atoms with Crippen LogP contribution in [0.4, 0.5) is 0 Å². The number of rotatable bonds is 64. The van der Waals surface area contributed by atoms with Crippen LogP contribution in [0.1, 0.15) is 355 Å². The van der Waals surface area contributed by atoms with Gasteiger partial charge in [0, 0.05) is 19.3 Å².